The summed E-state index contributed by atoms with van der Waals surface area (Å²) in [5, 5.41) is 1.56. The quantitative estimate of drug-likeness (QED) is 0.405. The number of furan rings is 1. The van der Waals surface area contributed by atoms with Gasteiger partial charge < -0.3 is 8.83 Å². The fourth-order valence-corrected chi connectivity index (χ4v) is 3.26. The lowest BCUT2D eigenvalue weighted by Crippen LogP contribution is -2.02. The Kier molecular flexibility index (Phi) is 3.53. The molecule has 0 bridgehead atoms. The van der Waals surface area contributed by atoms with E-state index in [1.807, 2.05) is 44.2 Å². The molecule has 0 aliphatic carbocycles. The highest BCUT2D eigenvalue weighted by atomic mass is 16.4. The molecule has 2 aromatic heterocycles. The number of aryl methyl sites for hydroxylation is 2. The Morgan fingerprint density at radius 1 is 1.04 bits per heavy atom. The van der Waals surface area contributed by atoms with Gasteiger partial charge in [-0.05, 0) is 31.0 Å². The van der Waals surface area contributed by atoms with Gasteiger partial charge in [0.15, 0.2) is 5.76 Å². The Balaban J connectivity index is 2.06. The van der Waals surface area contributed by atoms with Gasteiger partial charge in [0.1, 0.15) is 11.2 Å². The zero-order valence-corrected chi connectivity index (χ0v) is 14.0. The predicted molar refractivity (Wildman–Crippen MR) is 96.2 cm³/mol. The summed E-state index contributed by atoms with van der Waals surface area (Å²) in [4.78, 5) is 24.7. The summed E-state index contributed by atoms with van der Waals surface area (Å²) in [7, 11) is 0. The molecule has 0 amide bonds. The van der Waals surface area contributed by atoms with Crippen molar-refractivity contribution in [1.29, 1.82) is 0 Å². The van der Waals surface area contributed by atoms with Crippen LogP contribution in [0.25, 0.3) is 21.9 Å². The van der Waals surface area contributed by atoms with E-state index in [2.05, 4.69) is 0 Å². The maximum Gasteiger partial charge on any atom is 0.336 e. The first kappa shape index (κ1) is 15.4. The second-order valence-electron chi connectivity index (χ2n) is 6.02. The molecule has 4 nitrogen and oxygen atoms in total. The van der Waals surface area contributed by atoms with E-state index in [1.165, 1.54) is 6.07 Å². The monoisotopic (exact) mass is 332 g/mol. The molecular formula is C21H16O4. The van der Waals surface area contributed by atoms with Gasteiger partial charge in [0.2, 0.25) is 5.78 Å². The first-order valence-electron chi connectivity index (χ1n) is 8.18. The molecule has 0 unspecified atom stereocenters. The van der Waals surface area contributed by atoms with Crippen molar-refractivity contribution < 1.29 is 13.6 Å². The standard InChI is InChI=1S/C21H16O4/c1-3-14-18-16(10-9-15-12(2)11-17(22)25-20(15)18)24-21(14)19(23)13-7-5-4-6-8-13/h4-11H,3H2,1-2H3. The SMILES string of the molecule is CCc1c(C(=O)c2ccccc2)oc2ccc3c(C)cc(=O)oc3c12. The van der Waals surface area contributed by atoms with Gasteiger partial charge >= 0.3 is 5.63 Å². The molecule has 4 heteroatoms. The van der Waals surface area contributed by atoms with Crippen LogP contribution in [0.4, 0.5) is 0 Å². The van der Waals surface area contributed by atoms with E-state index in [4.69, 9.17) is 8.83 Å². The summed E-state index contributed by atoms with van der Waals surface area (Å²) in [5.41, 5.74) is 2.80. The number of benzene rings is 2. The van der Waals surface area contributed by atoms with E-state index < -0.39 is 5.63 Å². The van der Waals surface area contributed by atoms with Crippen molar-refractivity contribution in [3.05, 3.63) is 81.4 Å². The molecule has 4 aromatic rings. The van der Waals surface area contributed by atoms with Crippen molar-refractivity contribution in [2.24, 2.45) is 0 Å². The first-order valence-corrected chi connectivity index (χ1v) is 8.18. The normalized spacial score (nSPS) is 11.3. The molecule has 0 saturated carbocycles. The molecule has 0 spiro atoms. The van der Waals surface area contributed by atoms with Crippen molar-refractivity contribution in [2.45, 2.75) is 20.3 Å². The molecule has 0 atom stereocenters. The van der Waals surface area contributed by atoms with Crippen LogP contribution >= 0.6 is 0 Å². The molecule has 2 heterocycles. The van der Waals surface area contributed by atoms with Crippen molar-refractivity contribution in [3.8, 4) is 0 Å². The van der Waals surface area contributed by atoms with E-state index in [9.17, 15) is 9.59 Å². The number of hydrogen-bond donors (Lipinski definition) is 0. The highest BCUT2D eigenvalue weighted by Crippen LogP contribution is 2.34. The average Bonchev–Trinajstić information content (AvgIpc) is 3.00. The Morgan fingerprint density at radius 3 is 2.52 bits per heavy atom. The third-order valence-corrected chi connectivity index (χ3v) is 4.46. The van der Waals surface area contributed by atoms with Crippen LogP contribution in [0.1, 0.15) is 34.2 Å². The minimum absolute atomic E-state index is 0.170. The van der Waals surface area contributed by atoms with Crippen LogP contribution in [0.3, 0.4) is 0 Å². The lowest BCUT2D eigenvalue weighted by molar-refractivity contribution is 0.101. The molecule has 0 aliphatic rings. The highest BCUT2D eigenvalue weighted by molar-refractivity contribution is 6.14. The summed E-state index contributed by atoms with van der Waals surface area (Å²) in [6.45, 7) is 3.83. The van der Waals surface area contributed by atoms with Crippen LogP contribution in [0.2, 0.25) is 0 Å². The van der Waals surface area contributed by atoms with Gasteiger partial charge in [-0.15, -0.1) is 0 Å². The second kappa shape index (κ2) is 5.74. The van der Waals surface area contributed by atoms with E-state index in [0.29, 0.717) is 34.3 Å². The fraction of sp³-hybridized carbons (Fsp3) is 0.143. The largest absolute Gasteiger partial charge is 0.452 e. The van der Waals surface area contributed by atoms with E-state index >= 15 is 0 Å². The summed E-state index contributed by atoms with van der Waals surface area (Å²) in [5.74, 6) is 0.136. The van der Waals surface area contributed by atoms with E-state index in [1.54, 1.807) is 12.1 Å². The fourth-order valence-electron chi connectivity index (χ4n) is 3.26. The molecule has 4 rings (SSSR count). The average molecular weight is 332 g/mol. The third kappa shape index (κ3) is 2.38. The molecule has 0 saturated heterocycles. The van der Waals surface area contributed by atoms with Gasteiger partial charge in [-0.1, -0.05) is 37.3 Å². The lowest BCUT2D eigenvalue weighted by atomic mass is 10.0. The Morgan fingerprint density at radius 2 is 1.80 bits per heavy atom. The van der Waals surface area contributed by atoms with Crippen molar-refractivity contribution in [3.63, 3.8) is 0 Å². The smallest absolute Gasteiger partial charge is 0.336 e. The minimum Gasteiger partial charge on any atom is -0.452 e. The molecule has 25 heavy (non-hydrogen) atoms. The minimum atomic E-state index is -0.406. The molecule has 0 radical (unpaired) electrons. The Hall–Kier alpha value is -3.14. The van der Waals surface area contributed by atoms with Crippen LogP contribution in [0, 0.1) is 6.92 Å². The van der Waals surface area contributed by atoms with Crippen LogP contribution in [0.5, 0.6) is 0 Å². The molecule has 124 valence electrons. The summed E-state index contributed by atoms with van der Waals surface area (Å²) < 4.78 is 11.4. The van der Waals surface area contributed by atoms with Gasteiger partial charge in [0, 0.05) is 22.6 Å². The van der Waals surface area contributed by atoms with Gasteiger partial charge in [-0.25, -0.2) is 4.79 Å². The van der Waals surface area contributed by atoms with Crippen molar-refractivity contribution >= 4 is 27.7 Å². The third-order valence-electron chi connectivity index (χ3n) is 4.46. The molecule has 0 aliphatic heterocycles. The number of carbonyl (C=O) groups is 1. The zero-order valence-electron chi connectivity index (χ0n) is 14.0. The lowest BCUT2D eigenvalue weighted by Gasteiger charge is -2.03. The van der Waals surface area contributed by atoms with Gasteiger partial charge in [-0.3, -0.25) is 4.79 Å². The summed E-state index contributed by atoms with van der Waals surface area (Å²) in [6.07, 6.45) is 0.595. The summed E-state index contributed by atoms with van der Waals surface area (Å²) >= 11 is 0. The summed E-state index contributed by atoms with van der Waals surface area (Å²) in [6, 6.07) is 14.2. The maximum absolute atomic E-state index is 12.9. The first-order chi connectivity index (χ1) is 12.1. The van der Waals surface area contributed by atoms with E-state index in [-0.39, 0.29) is 5.78 Å². The number of ketones is 1. The van der Waals surface area contributed by atoms with E-state index in [0.717, 1.165) is 16.5 Å². The van der Waals surface area contributed by atoms with Gasteiger partial charge in [0.05, 0.1) is 5.39 Å². The van der Waals surface area contributed by atoms with Crippen LogP contribution in [0.15, 0.2) is 62.2 Å². The molecule has 0 fully saturated rings. The van der Waals surface area contributed by atoms with Crippen molar-refractivity contribution in [1.82, 2.24) is 0 Å². The van der Waals surface area contributed by atoms with Crippen molar-refractivity contribution in [2.75, 3.05) is 0 Å². The second-order valence-corrected chi connectivity index (χ2v) is 6.02. The Labute approximate surface area is 143 Å². The topological polar surface area (TPSA) is 60.4 Å². The maximum atomic E-state index is 12.9. The van der Waals surface area contributed by atoms with Crippen LogP contribution in [-0.4, -0.2) is 5.78 Å². The zero-order chi connectivity index (χ0) is 17.6. The predicted octanol–water partition coefficient (Wildman–Crippen LogP) is 4.64. The van der Waals surface area contributed by atoms with Crippen LogP contribution < -0.4 is 5.63 Å². The number of fused-ring (bicyclic) bond motifs is 3. The number of hydrogen-bond acceptors (Lipinski definition) is 4. The van der Waals surface area contributed by atoms with Gasteiger partial charge in [0.25, 0.3) is 0 Å². The molecule has 0 N–H and O–H groups in total. The Bertz CT molecular complexity index is 1160. The number of carbonyl (C=O) groups excluding carboxylic acids is 1. The highest BCUT2D eigenvalue weighted by Gasteiger charge is 2.23. The van der Waals surface area contributed by atoms with Gasteiger partial charge in [-0.2, -0.15) is 0 Å². The molecule has 2 aromatic carbocycles. The number of rotatable bonds is 3. The molecular weight excluding hydrogens is 316 g/mol. The van der Waals surface area contributed by atoms with Crippen LogP contribution in [-0.2, 0) is 6.42 Å².